The number of phenolic OH excluding ortho intramolecular Hbond substituents is 1. The molecule has 25 heavy (non-hydrogen) atoms. The summed E-state index contributed by atoms with van der Waals surface area (Å²) in [6.45, 7) is 4.11. The topological polar surface area (TPSA) is 57.1 Å². The van der Waals surface area contributed by atoms with E-state index in [1.54, 1.807) is 19.2 Å². The predicted octanol–water partition coefficient (Wildman–Crippen LogP) is 3.62. The van der Waals surface area contributed by atoms with Crippen LogP contribution >= 0.6 is 24.0 Å². The molecule has 136 valence electrons. The zero-order valence-corrected chi connectivity index (χ0v) is 17.2. The number of hydrogen-bond donors (Lipinski definition) is 2. The lowest BCUT2D eigenvalue weighted by molar-refractivity contribution is 0.414. The van der Waals surface area contributed by atoms with Gasteiger partial charge in [-0.3, -0.25) is 0 Å². The van der Waals surface area contributed by atoms with Crippen molar-refractivity contribution in [2.45, 2.75) is 20.0 Å². The summed E-state index contributed by atoms with van der Waals surface area (Å²) in [6.07, 6.45) is 0. The van der Waals surface area contributed by atoms with E-state index in [2.05, 4.69) is 15.2 Å². The van der Waals surface area contributed by atoms with Gasteiger partial charge in [-0.1, -0.05) is 24.3 Å². The van der Waals surface area contributed by atoms with Crippen LogP contribution in [-0.2, 0) is 13.1 Å². The Balaban J connectivity index is 0.00000312. The van der Waals surface area contributed by atoms with Crippen LogP contribution in [0.3, 0.4) is 0 Å². The number of ether oxygens (including phenoxy) is 1. The van der Waals surface area contributed by atoms with Crippen LogP contribution in [0.2, 0.25) is 0 Å². The second kappa shape index (κ2) is 10.8. The zero-order chi connectivity index (χ0) is 17.4. The van der Waals surface area contributed by atoms with E-state index in [-0.39, 0.29) is 29.7 Å². The molecule has 0 radical (unpaired) electrons. The molecule has 0 aliphatic heterocycles. The summed E-state index contributed by atoms with van der Waals surface area (Å²) in [4.78, 5) is 6.73. The van der Waals surface area contributed by atoms with Crippen LogP contribution < -0.4 is 10.1 Å². The lowest BCUT2D eigenvalue weighted by Crippen LogP contribution is -2.38. The van der Waals surface area contributed by atoms with Crippen molar-refractivity contribution < 1.29 is 9.84 Å². The first-order chi connectivity index (χ1) is 11.6. The molecule has 0 spiro atoms. The van der Waals surface area contributed by atoms with Crippen molar-refractivity contribution in [2.24, 2.45) is 4.99 Å². The Morgan fingerprint density at radius 2 is 1.88 bits per heavy atom. The van der Waals surface area contributed by atoms with Crippen molar-refractivity contribution in [3.8, 4) is 11.5 Å². The molecule has 2 aromatic rings. The van der Waals surface area contributed by atoms with Crippen LogP contribution in [0.5, 0.6) is 11.5 Å². The number of benzene rings is 2. The molecular formula is C19H26IN3O2. The number of phenols is 1. The average Bonchev–Trinajstić information content (AvgIpc) is 2.59. The number of halogens is 1. The van der Waals surface area contributed by atoms with Crippen LogP contribution in [0.15, 0.2) is 53.5 Å². The standard InChI is InChI=1S/C19H25N3O2.HI/c1-4-20-19(21-13-16-6-5-7-17(23)12-16)22(2)14-15-8-10-18(24-3)11-9-15;/h5-12,23H,4,13-14H2,1-3H3,(H,20,21);1H. The Hall–Kier alpha value is -1.96. The van der Waals surface area contributed by atoms with Gasteiger partial charge in [-0.2, -0.15) is 0 Å². The van der Waals surface area contributed by atoms with Gasteiger partial charge in [0.2, 0.25) is 0 Å². The second-order valence-corrected chi connectivity index (χ2v) is 5.54. The summed E-state index contributed by atoms with van der Waals surface area (Å²) in [5, 5.41) is 12.8. The Kier molecular flexibility index (Phi) is 9.12. The first kappa shape index (κ1) is 21.1. The molecule has 0 heterocycles. The molecule has 0 fully saturated rings. The minimum absolute atomic E-state index is 0. The van der Waals surface area contributed by atoms with Gasteiger partial charge in [0.15, 0.2) is 5.96 Å². The zero-order valence-electron chi connectivity index (χ0n) is 14.9. The molecule has 0 unspecified atom stereocenters. The number of nitrogens with zero attached hydrogens (tertiary/aromatic N) is 2. The van der Waals surface area contributed by atoms with Gasteiger partial charge in [-0.25, -0.2) is 4.99 Å². The lowest BCUT2D eigenvalue weighted by Gasteiger charge is -2.22. The van der Waals surface area contributed by atoms with Crippen molar-refractivity contribution in [1.29, 1.82) is 0 Å². The third-order valence-corrected chi connectivity index (χ3v) is 3.60. The van der Waals surface area contributed by atoms with Gasteiger partial charge < -0.3 is 20.1 Å². The van der Waals surface area contributed by atoms with Crippen molar-refractivity contribution in [3.63, 3.8) is 0 Å². The van der Waals surface area contributed by atoms with E-state index in [4.69, 9.17) is 4.74 Å². The Labute approximate surface area is 166 Å². The van der Waals surface area contributed by atoms with Crippen LogP contribution in [0.25, 0.3) is 0 Å². The maximum Gasteiger partial charge on any atom is 0.194 e. The molecule has 2 aromatic carbocycles. The summed E-state index contributed by atoms with van der Waals surface area (Å²) >= 11 is 0. The number of nitrogens with one attached hydrogen (secondary N) is 1. The number of hydrogen-bond acceptors (Lipinski definition) is 3. The second-order valence-electron chi connectivity index (χ2n) is 5.54. The fraction of sp³-hybridized carbons (Fsp3) is 0.316. The van der Waals surface area contributed by atoms with Crippen LogP contribution in [0.1, 0.15) is 18.1 Å². The fourth-order valence-electron chi connectivity index (χ4n) is 2.37. The Morgan fingerprint density at radius 3 is 2.48 bits per heavy atom. The normalized spacial score (nSPS) is 10.8. The molecule has 5 nitrogen and oxygen atoms in total. The molecule has 0 atom stereocenters. The monoisotopic (exact) mass is 455 g/mol. The summed E-state index contributed by atoms with van der Waals surface area (Å²) in [5.41, 5.74) is 2.16. The highest BCUT2D eigenvalue weighted by Crippen LogP contribution is 2.14. The van der Waals surface area contributed by atoms with Crippen molar-refractivity contribution >= 4 is 29.9 Å². The maximum atomic E-state index is 9.54. The van der Waals surface area contributed by atoms with Crippen LogP contribution in [-0.4, -0.2) is 36.7 Å². The molecule has 0 saturated heterocycles. The molecule has 0 aromatic heterocycles. The average molecular weight is 455 g/mol. The maximum absolute atomic E-state index is 9.54. The van der Waals surface area contributed by atoms with Gasteiger partial charge in [-0.05, 0) is 42.3 Å². The largest absolute Gasteiger partial charge is 0.508 e. The molecule has 0 amide bonds. The predicted molar refractivity (Wildman–Crippen MR) is 113 cm³/mol. The molecule has 6 heteroatoms. The quantitative estimate of drug-likeness (QED) is 0.397. The van der Waals surface area contributed by atoms with Gasteiger partial charge in [0.05, 0.1) is 13.7 Å². The van der Waals surface area contributed by atoms with E-state index in [0.29, 0.717) is 6.54 Å². The highest BCUT2D eigenvalue weighted by Gasteiger charge is 2.07. The number of aliphatic imine (C=N–C) groups is 1. The highest BCUT2D eigenvalue weighted by atomic mass is 127. The smallest absolute Gasteiger partial charge is 0.194 e. The molecule has 2 N–H and O–H groups in total. The molecule has 0 aliphatic rings. The van der Waals surface area contributed by atoms with Crippen LogP contribution in [0, 0.1) is 0 Å². The third kappa shape index (κ3) is 6.81. The SMILES string of the molecule is CCNC(=NCc1cccc(O)c1)N(C)Cc1ccc(OC)cc1.I. The molecule has 0 saturated carbocycles. The van der Waals surface area contributed by atoms with Gasteiger partial charge in [0, 0.05) is 20.1 Å². The number of rotatable bonds is 6. The first-order valence-corrected chi connectivity index (χ1v) is 8.02. The highest BCUT2D eigenvalue weighted by molar-refractivity contribution is 14.0. The van der Waals surface area contributed by atoms with Crippen molar-refractivity contribution in [3.05, 3.63) is 59.7 Å². The number of aromatic hydroxyl groups is 1. The van der Waals surface area contributed by atoms with E-state index in [9.17, 15) is 5.11 Å². The third-order valence-electron chi connectivity index (χ3n) is 3.60. The van der Waals surface area contributed by atoms with E-state index in [0.717, 1.165) is 30.4 Å². The summed E-state index contributed by atoms with van der Waals surface area (Å²) < 4.78 is 5.19. The summed E-state index contributed by atoms with van der Waals surface area (Å²) in [5.74, 6) is 1.95. The summed E-state index contributed by atoms with van der Waals surface area (Å²) in [6, 6.07) is 15.2. The van der Waals surface area contributed by atoms with E-state index in [1.165, 1.54) is 5.56 Å². The van der Waals surface area contributed by atoms with E-state index < -0.39 is 0 Å². The fourth-order valence-corrected chi connectivity index (χ4v) is 2.37. The Morgan fingerprint density at radius 1 is 1.16 bits per heavy atom. The van der Waals surface area contributed by atoms with Gasteiger partial charge in [0.25, 0.3) is 0 Å². The van der Waals surface area contributed by atoms with E-state index >= 15 is 0 Å². The van der Waals surface area contributed by atoms with Crippen LogP contribution in [0.4, 0.5) is 0 Å². The van der Waals surface area contributed by atoms with E-state index in [1.807, 2.05) is 50.4 Å². The van der Waals surface area contributed by atoms with Gasteiger partial charge in [-0.15, -0.1) is 24.0 Å². The molecular weight excluding hydrogens is 429 g/mol. The minimum atomic E-state index is 0. The minimum Gasteiger partial charge on any atom is -0.508 e. The molecule has 0 aliphatic carbocycles. The van der Waals surface area contributed by atoms with Gasteiger partial charge >= 0.3 is 0 Å². The lowest BCUT2D eigenvalue weighted by atomic mass is 10.2. The molecule has 0 bridgehead atoms. The van der Waals surface area contributed by atoms with Crippen molar-refractivity contribution in [1.82, 2.24) is 10.2 Å². The Bertz CT molecular complexity index is 675. The first-order valence-electron chi connectivity index (χ1n) is 8.02. The number of methoxy groups -OCH3 is 1. The van der Waals surface area contributed by atoms with Crippen molar-refractivity contribution in [2.75, 3.05) is 20.7 Å². The number of guanidine groups is 1. The summed E-state index contributed by atoms with van der Waals surface area (Å²) in [7, 11) is 3.67. The van der Waals surface area contributed by atoms with Gasteiger partial charge in [0.1, 0.15) is 11.5 Å². The molecule has 2 rings (SSSR count).